The molecule has 2 unspecified atom stereocenters. The number of aryl methyl sites for hydroxylation is 3. The normalized spacial score (nSPS) is 18.4. The van der Waals surface area contributed by atoms with Gasteiger partial charge in [-0.2, -0.15) is 0 Å². The van der Waals surface area contributed by atoms with Gasteiger partial charge >= 0.3 is 12.2 Å². The Bertz CT molecular complexity index is 2090. The molecule has 60 heavy (non-hydrogen) atoms. The van der Waals surface area contributed by atoms with Crippen molar-refractivity contribution in [2.45, 2.75) is 104 Å². The number of alkyl carbamates (subject to hydrolysis) is 2. The van der Waals surface area contributed by atoms with E-state index in [0.717, 1.165) is 109 Å². The Hall–Kier alpha value is -5.66. The SMILES string of the molecule is CCC.COC(=O)NCC(=O)N1CCC[C@H]1c1nc2c([nH]1)CCc1cc(-c3ccc(-c4cnc(CCC5CCCC5CNC(=O)[C@@H](NC(=O)OC)C(C)C)[nH]4)cc3)ccc1-2. The highest BCUT2D eigenvalue weighted by Crippen LogP contribution is 2.39. The number of carbonyl (C=O) groups is 4. The summed E-state index contributed by atoms with van der Waals surface area (Å²) < 4.78 is 9.31. The van der Waals surface area contributed by atoms with Gasteiger partial charge in [0.15, 0.2) is 0 Å². The zero-order valence-corrected chi connectivity index (χ0v) is 36.0. The van der Waals surface area contributed by atoms with Gasteiger partial charge in [0.25, 0.3) is 0 Å². The molecule has 322 valence electrons. The molecule has 2 aromatic carbocycles. The second kappa shape index (κ2) is 20.5. The van der Waals surface area contributed by atoms with Crippen LogP contribution in [0, 0.1) is 17.8 Å². The minimum atomic E-state index is -0.632. The number of aromatic nitrogens is 4. The van der Waals surface area contributed by atoms with Gasteiger partial charge in [0.05, 0.1) is 37.8 Å². The lowest BCUT2D eigenvalue weighted by molar-refractivity contribution is -0.131. The number of H-pyrrole nitrogens is 2. The maximum atomic E-state index is 12.9. The molecule has 1 saturated heterocycles. The highest BCUT2D eigenvalue weighted by Gasteiger charge is 2.34. The van der Waals surface area contributed by atoms with Gasteiger partial charge in [0.2, 0.25) is 11.8 Å². The molecule has 7 rings (SSSR count). The van der Waals surface area contributed by atoms with Crippen LogP contribution < -0.4 is 16.0 Å². The molecule has 3 aliphatic rings. The number of rotatable bonds is 13. The van der Waals surface area contributed by atoms with E-state index in [1.54, 1.807) is 4.90 Å². The number of methoxy groups -OCH3 is 2. The van der Waals surface area contributed by atoms with Gasteiger partial charge in [-0.1, -0.05) is 89.4 Å². The first-order chi connectivity index (χ1) is 29.0. The van der Waals surface area contributed by atoms with E-state index in [2.05, 4.69) is 87.0 Å². The molecule has 0 radical (unpaired) electrons. The summed E-state index contributed by atoms with van der Waals surface area (Å²) in [5.41, 5.74) is 8.77. The van der Waals surface area contributed by atoms with E-state index in [9.17, 15) is 19.2 Å². The molecule has 14 heteroatoms. The summed E-state index contributed by atoms with van der Waals surface area (Å²) in [5.74, 6) is 2.28. The number of nitrogens with one attached hydrogen (secondary N) is 5. The van der Waals surface area contributed by atoms with E-state index in [-0.39, 0.29) is 30.3 Å². The van der Waals surface area contributed by atoms with Crippen molar-refractivity contribution in [1.82, 2.24) is 40.8 Å². The van der Waals surface area contributed by atoms with Crippen LogP contribution in [0.3, 0.4) is 0 Å². The molecule has 0 spiro atoms. The second-order valence-electron chi connectivity index (χ2n) is 16.5. The van der Waals surface area contributed by atoms with Gasteiger partial charge in [-0.05, 0) is 78.5 Å². The molecular weight excluding hydrogens is 761 g/mol. The molecule has 2 aliphatic carbocycles. The van der Waals surface area contributed by atoms with Crippen LogP contribution in [-0.2, 0) is 38.3 Å². The minimum Gasteiger partial charge on any atom is -0.453 e. The Morgan fingerprint density at radius 2 is 1.58 bits per heavy atom. The largest absolute Gasteiger partial charge is 0.453 e. The van der Waals surface area contributed by atoms with E-state index in [0.29, 0.717) is 24.9 Å². The quantitative estimate of drug-likeness (QED) is 0.0918. The summed E-state index contributed by atoms with van der Waals surface area (Å²) in [4.78, 5) is 67.7. The number of hydrogen-bond acceptors (Lipinski definition) is 8. The van der Waals surface area contributed by atoms with Crippen molar-refractivity contribution in [3.8, 4) is 33.6 Å². The second-order valence-corrected chi connectivity index (χ2v) is 16.5. The standard InChI is InChI=1S/C43H54N8O6.C3H8/c1-25(2)38(50-43(55)57-4)41(53)45-22-31-8-5-7-26(31)16-19-36-44-23-34(47-36)28-12-10-27(11-13-28)29-14-17-32-30(21-29)15-18-33-39(32)49-40(48-33)35-9-6-20-51(35)37(52)24-46-42(54)56-3;1-3-2/h10-14,17,21,23,25-26,31,35,38H,5-9,15-16,18-20,22,24H2,1-4H3,(H,44,47)(H,45,53)(H,46,54)(H,48,49)(H,50,55);3H2,1-2H3/t26?,31?,35-,38-;/m0./s1. The van der Waals surface area contributed by atoms with E-state index >= 15 is 0 Å². The van der Waals surface area contributed by atoms with Crippen LogP contribution in [0.4, 0.5) is 9.59 Å². The fourth-order valence-electron chi connectivity index (χ4n) is 8.76. The number of amides is 4. The molecule has 1 aliphatic heterocycles. The topological polar surface area (TPSA) is 183 Å². The van der Waals surface area contributed by atoms with Crippen molar-refractivity contribution < 1.29 is 28.7 Å². The van der Waals surface area contributed by atoms with E-state index in [1.165, 1.54) is 26.2 Å². The van der Waals surface area contributed by atoms with Gasteiger partial charge in [0, 0.05) is 30.8 Å². The molecule has 1 saturated carbocycles. The van der Waals surface area contributed by atoms with Crippen molar-refractivity contribution >= 4 is 24.0 Å². The average Bonchev–Trinajstić information content (AvgIpc) is 4.10. The first-order valence-electron chi connectivity index (χ1n) is 21.6. The zero-order chi connectivity index (χ0) is 42.8. The molecule has 3 heterocycles. The van der Waals surface area contributed by atoms with Crippen LogP contribution in [0.2, 0.25) is 0 Å². The van der Waals surface area contributed by atoms with Crippen molar-refractivity contribution in [2.75, 3.05) is 33.9 Å². The van der Waals surface area contributed by atoms with Crippen molar-refractivity contribution in [3.05, 3.63) is 71.6 Å². The van der Waals surface area contributed by atoms with E-state index in [1.807, 2.05) is 20.0 Å². The Morgan fingerprint density at radius 1 is 0.867 bits per heavy atom. The van der Waals surface area contributed by atoms with Crippen molar-refractivity contribution in [2.24, 2.45) is 17.8 Å². The fraction of sp³-hybridized carbons (Fsp3) is 0.522. The van der Waals surface area contributed by atoms with Gasteiger partial charge in [0.1, 0.15) is 24.2 Å². The number of benzene rings is 2. The number of fused-ring (bicyclic) bond motifs is 3. The monoisotopic (exact) mass is 822 g/mol. The van der Waals surface area contributed by atoms with Crippen molar-refractivity contribution in [1.29, 1.82) is 0 Å². The predicted molar refractivity (Wildman–Crippen MR) is 231 cm³/mol. The highest BCUT2D eigenvalue weighted by atomic mass is 16.5. The lowest BCUT2D eigenvalue weighted by Crippen LogP contribution is -2.50. The lowest BCUT2D eigenvalue weighted by Gasteiger charge is -2.24. The van der Waals surface area contributed by atoms with Gasteiger partial charge in [-0.25, -0.2) is 19.6 Å². The maximum Gasteiger partial charge on any atom is 0.407 e. The van der Waals surface area contributed by atoms with Gasteiger partial charge < -0.3 is 40.3 Å². The van der Waals surface area contributed by atoms with Crippen molar-refractivity contribution in [3.63, 3.8) is 0 Å². The maximum absolute atomic E-state index is 12.9. The number of nitrogens with zero attached hydrogens (tertiary/aromatic N) is 3. The molecular formula is C46H62N8O6. The number of likely N-dealkylation sites (tertiary alicyclic amines) is 1. The zero-order valence-electron chi connectivity index (χ0n) is 36.0. The summed E-state index contributed by atoms with van der Waals surface area (Å²) in [6.45, 7) is 9.18. The Labute approximate surface area is 353 Å². The molecule has 4 aromatic rings. The average molecular weight is 823 g/mol. The van der Waals surface area contributed by atoms with Crippen LogP contribution >= 0.6 is 0 Å². The molecule has 14 nitrogen and oxygen atoms in total. The number of carbonyl (C=O) groups excluding carboxylic acids is 4. The first-order valence-corrected chi connectivity index (χ1v) is 21.6. The van der Waals surface area contributed by atoms with E-state index < -0.39 is 18.2 Å². The fourth-order valence-corrected chi connectivity index (χ4v) is 8.76. The van der Waals surface area contributed by atoms with Crippen LogP contribution in [0.25, 0.3) is 33.6 Å². The third-order valence-corrected chi connectivity index (χ3v) is 11.9. The Morgan fingerprint density at radius 3 is 2.32 bits per heavy atom. The van der Waals surface area contributed by atoms with Gasteiger partial charge in [-0.15, -0.1) is 0 Å². The number of aromatic amines is 2. The molecule has 4 amide bonds. The van der Waals surface area contributed by atoms with E-state index in [4.69, 9.17) is 14.7 Å². The Balaban J connectivity index is 0.00000195. The molecule has 2 fully saturated rings. The third-order valence-electron chi connectivity index (χ3n) is 11.9. The van der Waals surface area contributed by atoms with Gasteiger partial charge in [-0.3, -0.25) is 9.59 Å². The van der Waals surface area contributed by atoms with Crippen LogP contribution in [-0.4, -0.2) is 88.7 Å². The Kier molecular flexibility index (Phi) is 15.0. The summed E-state index contributed by atoms with van der Waals surface area (Å²) in [7, 11) is 2.58. The third kappa shape index (κ3) is 10.6. The molecule has 0 bridgehead atoms. The summed E-state index contributed by atoms with van der Waals surface area (Å²) >= 11 is 0. The first kappa shape index (κ1) is 43.9. The minimum absolute atomic E-state index is 0.0551. The lowest BCUT2D eigenvalue weighted by atomic mass is 9.89. The summed E-state index contributed by atoms with van der Waals surface area (Å²) in [6.07, 6.45) is 10.6. The highest BCUT2D eigenvalue weighted by molar-refractivity contribution is 5.86. The summed E-state index contributed by atoms with van der Waals surface area (Å²) in [5, 5.41) is 8.23. The number of imidazole rings is 2. The van der Waals surface area contributed by atoms with Crippen LogP contribution in [0.1, 0.15) is 102 Å². The van der Waals surface area contributed by atoms with Crippen LogP contribution in [0.15, 0.2) is 48.7 Å². The number of ether oxygens (including phenoxy) is 2. The predicted octanol–water partition coefficient (Wildman–Crippen LogP) is 7.51. The molecule has 5 N–H and O–H groups in total. The summed E-state index contributed by atoms with van der Waals surface area (Å²) in [6, 6.07) is 14.4. The smallest absolute Gasteiger partial charge is 0.407 e. The van der Waals surface area contributed by atoms with Crippen LogP contribution in [0.5, 0.6) is 0 Å². The number of hydrogen-bond donors (Lipinski definition) is 5. The molecule has 2 aromatic heterocycles. The molecule has 4 atom stereocenters.